The van der Waals surface area contributed by atoms with E-state index in [-0.39, 0.29) is 11.8 Å². The van der Waals surface area contributed by atoms with Crippen LogP contribution in [0, 0.1) is 11.8 Å². The van der Waals surface area contributed by atoms with Gasteiger partial charge in [0.2, 0.25) is 11.0 Å². The van der Waals surface area contributed by atoms with Gasteiger partial charge in [-0.15, -0.1) is 10.2 Å². The van der Waals surface area contributed by atoms with Crippen molar-refractivity contribution < 1.29 is 4.79 Å². The van der Waals surface area contributed by atoms with Gasteiger partial charge in [0.25, 0.3) is 0 Å². The number of rotatable bonds is 5. The third kappa shape index (κ3) is 2.83. The van der Waals surface area contributed by atoms with Crippen LogP contribution in [0.5, 0.6) is 0 Å². The molecular weight excluding hydrogens is 234 g/mol. The highest BCUT2D eigenvalue weighted by Crippen LogP contribution is 2.38. The van der Waals surface area contributed by atoms with Crippen molar-refractivity contribution in [2.75, 3.05) is 5.32 Å². The predicted molar refractivity (Wildman–Crippen MR) is 69.1 cm³/mol. The summed E-state index contributed by atoms with van der Waals surface area (Å²) in [5.41, 5.74) is 0. The van der Waals surface area contributed by atoms with Crippen LogP contribution < -0.4 is 5.32 Å². The Morgan fingerprint density at radius 2 is 2.12 bits per heavy atom. The van der Waals surface area contributed by atoms with Gasteiger partial charge in [-0.1, -0.05) is 32.1 Å². The van der Waals surface area contributed by atoms with E-state index in [0.717, 1.165) is 24.3 Å². The lowest BCUT2D eigenvalue weighted by atomic mass is 10.1. The first-order valence-electron chi connectivity index (χ1n) is 6.29. The van der Waals surface area contributed by atoms with Crippen molar-refractivity contribution >= 4 is 22.4 Å². The van der Waals surface area contributed by atoms with Gasteiger partial charge in [0.15, 0.2) is 0 Å². The van der Waals surface area contributed by atoms with Gasteiger partial charge in [-0.25, -0.2) is 0 Å². The van der Waals surface area contributed by atoms with Crippen LogP contribution in [0.3, 0.4) is 0 Å². The molecule has 2 atom stereocenters. The number of hydrogen-bond acceptors (Lipinski definition) is 4. The van der Waals surface area contributed by atoms with Gasteiger partial charge < -0.3 is 5.32 Å². The molecule has 1 saturated carbocycles. The van der Waals surface area contributed by atoms with Gasteiger partial charge >= 0.3 is 0 Å². The molecule has 0 saturated heterocycles. The van der Waals surface area contributed by atoms with Gasteiger partial charge in [0.1, 0.15) is 5.01 Å². The minimum atomic E-state index is 0.102. The van der Waals surface area contributed by atoms with Crippen LogP contribution in [0.25, 0.3) is 0 Å². The molecule has 1 aliphatic carbocycles. The normalized spacial score (nSPS) is 22.8. The molecule has 2 unspecified atom stereocenters. The first-order chi connectivity index (χ1) is 8.15. The Labute approximate surface area is 106 Å². The number of anilines is 1. The Balaban J connectivity index is 1.96. The van der Waals surface area contributed by atoms with Gasteiger partial charge in [-0.3, -0.25) is 4.79 Å². The van der Waals surface area contributed by atoms with Crippen LogP contribution >= 0.6 is 11.3 Å². The summed E-state index contributed by atoms with van der Waals surface area (Å²) < 4.78 is 0. The number of hydrogen-bond donors (Lipinski definition) is 1. The quantitative estimate of drug-likeness (QED) is 0.877. The first kappa shape index (κ1) is 12.5. The summed E-state index contributed by atoms with van der Waals surface area (Å²) in [4.78, 5) is 11.7. The summed E-state index contributed by atoms with van der Waals surface area (Å²) in [5.74, 6) is 1.29. The molecule has 17 heavy (non-hydrogen) atoms. The largest absolute Gasteiger partial charge is 0.300 e. The van der Waals surface area contributed by atoms with E-state index < -0.39 is 0 Å². The zero-order valence-corrected chi connectivity index (χ0v) is 11.4. The summed E-state index contributed by atoms with van der Waals surface area (Å²) in [7, 11) is 0. The zero-order valence-electron chi connectivity index (χ0n) is 10.6. The highest BCUT2D eigenvalue weighted by atomic mass is 32.1. The second-order valence-electron chi connectivity index (χ2n) is 4.77. The molecule has 1 N–H and O–H groups in total. The molecule has 5 heteroatoms. The van der Waals surface area contributed by atoms with Gasteiger partial charge in [-0.2, -0.15) is 0 Å². The lowest BCUT2D eigenvalue weighted by Gasteiger charge is -2.05. The number of nitrogens with zero attached hydrogens (tertiary/aromatic N) is 2. The van der Waals surface area contributed by atoms with Crippen LogP contribution in [0.15, 0.2) is 0 Å². The monoisotopic (exact) mass is 253 g/mol. The van der Waals surface area contributed by atoms with Crippen molar-refractivity contribution in [3.8, 4) is 0 Å². The summed E-state index contributed by atoms with van der Waals surface area (Å²) in [6.45, 7) is 6.40. The Hall–Kier alpha value is -0.970. The van der Waals surface area contributed by atoms with Crippen LogP contribution in [-0.4, -0.2) is 16.1 Å². The van der Waals surface area contributed by atoms with E-state index in [9.17, 15) is 4.79 Å². The van der Waals surface area contributed by atoms with Crippen molar-refractivity contribution in [2.45, 2.75) is 46.0 Å². The van der Waals surface area contributed by atoms with Crippen LogP contribution in [0.1, 0.15) is 51.0 Å². The van der Waals surface area contributed by atoms with E-state index in [4.69, 9.17) is 0 Å². The second-order valence-corrected chi connectivity index (χ2v) is 5.78. The molecule has 0 spiro atoms. The molecule has 1 aliphatic rings. The fourth-order valence-corrected chi connectivity index (χ4v) is 2.99. The molecule has 1 amide bonds. The van der Waals surface area contributed by atoms with Crippen molar-refractivity contribution in [1.82, 2.24) is 10.2 Å². The van der Waals surface area contributed by atoms with Gasteiger partial charge in [-0.05, 0) is 25.2 Å². The van der Waals surface area contributed by atoms with Crippen LogP contribution in [0.4, 0.5) is 5.13 Å². The third-order valence-corrected chi connectivity index (χ3v) is 4.45. The lowest BCUT2D eigenvalue weighted by molar-refractivity contribution is -0.117. The van der Waals surface area contributed by atoms with E-state index in [1.165, 1.54) is 11.3 Å². The van der Waals surface area contributed by atoms with E-state index in [1.54, 1.807) is 0 Å². The molecule has 0 aromatic carbocycles. The minimum Gasteiger partial charge on any atom is -0.300 e. The van der Waals surface area contributed by atoms with Crippen molar-refractivity contribution in [2.24, 2.45) is 11.8 Å². The SMILES string of the molecule is CCC(CC)c1nnc(NC(=O)C2CC2C)s1. The Morgan fingerprint density at radius 3 is 2.65 bits per heavy atom. The average molecular weight is 253 g/mol. The second kappa shape index (κ2) is 5.12. The van der Waals surface area contributed by atoms with E-state index in [2.05, 4.69) is 36.3 Å². The first-order valence-corrected chi connectivity index (χ1v) is 7.11. The molecule has 4 nitrogen and oxygen atoms in total. The number of carbonyl (C=O) groups excluding carboxylic acids is 1. The van der Waals surface area contributed by atoms with E-state index in [0.29, 0.717) is 17.0 Å². The standard InChI is InChI=1S/C12H19N3OS/c1-4-8(5-2)11-14-15-12(17-11)13-10(16)9-6-7(9)3/h7-9H,4-6H2,1-3H3,(H,13,15,16). The molecule has 2 rings (SSSR count). The number of nitrogens with one attached hydrogen (secondary N) is 1. The van der Waals surface area contributed by atoms with Crippen molar-refractivity contribution in [1.29, 1.82) is 0 Å². The topological polar surface area (TPSA) is 54.9 Å². The van der Waals surface area contributed by atoms with Crippen LogP contribution in [0.2, 0.25) is 0 Å². The van der Waals surface area contributed by atoms with E-state index in [1.807, 2.05) is 0 Å². The highest BCUT2D eigenvalue weighted by molar-refractivity contribution is 7.15. The maximum absolute atomic E-state index is 11.7. The van der Waals surface area contributed by atoms with Crippen LogP contribution in [-0.2, 0) is 4.79 Å². The van der Waals surface area contributed by atoms with E-state index >= 15 is 0 Å². The number of aromatic nitrogens is 2. The third-order valence-electron chi connectivity index (χ3n) is 3.45. The van der Waals surface area contributed by atoms with Gasteiger partial charge in [0.05, 0.1) is 0 Å². The molecule has 1 aromatic heterocycles. The minimum absolute atomic E-state index is 0.102. The number of amides is 1. The molecule has 0 radical (unpaired) electrons. The van der Waals surface area contributed by atoms with Crippen molar-refractivity contribution in [3.05, 3.63) is 5.01 Å². The summed E-state index contributed by atoms with van der Waals surface area (Å²) in [5, 5.41) is 12.8. The molecule has 0 bridgehead atoms. The lowest BCUT2D eigenvalue weighted by Crippen LogP contribution is -2.14. The maximum atomic E-state index is 11.7. The number of carbonyl (C=O) groups is 1. The summed E-state index contributed by atoms with van der Waals surface area (Å²) >= 11 is 1.51. The molecule has 0 aliphatic heterocycles. The molecule has 1 heterocycles. The molecule has 94 valence electrons. The molecule has 1 fully saturated rings. The zero-order chi connectivity index (χ0) is 12.4. The Bertz CT molecular complexity index is 400. The summed E-state index contributed by atoms with van der Waals surface area (Å²) in [6, 6.07) is 0. The summed E-state index contributed by atoms with van der Waals surface area (Å²) in [6.07, 6.45) is 3.14. The predicted octanol–water partition coefficient (Wildman–Crippen LogP) is 3.04. The average Bonchev–Trinajstić information content (AvgIpc) is 2.86. The Kier molecular flexibility index (Phi) is 3.76. The van der Waals surface area contributed by atoms with Gasteiger partial charge in [0, 0.05) is 11.8 Å². The van der Waals surface area contributed by atoms with Crippen molar-refractivity contribution in [3.63, 3.8) is 0 Å². The highest BCUT2D eigenvalue weighted by Gasteiger charge is 2.39. The smallest absolute Gasteiger partial charge is 0.229 e. The maximum Gasteiger partial charge on any atom is 0.229 e. The molecule has 1 aromatic rings. The fourth-order valence-electron chi connectivity index (χ4n) is 1.97. The Morgan fingerprint density at radius 1 is 1.47 bits per heavy atom. The fraction of sp³-hybridized carbons (Fsp3) is 0.750. The molecular formula is C12H19N3OS.